The molecule has 6 heteroatoms. The van der Waals surface area contributed by atoms with E-state index < -0.39 is 0 Å². The summed E-state index contributed by atoms with van der Waals surface area (Å²) in [6.45, 7) is 1.25. The lowest BCUT2D eigenvalue weighted by atomic mass is 10.1. The molecule has 0 bridgehead atoms. The minimum absolute atomic E-state index is 0.147. The van der Waals surface area contributed by atoms with Gasteiger partial charge in [-0.2, -0.15) is 0 Å². The molecular weight excluding hydrogens is 582 g/mol. The van der Waals surface area contributed by atoms with E-state index >= 15 is 0 Å². The number of fused-ring (bicyclic) bond motifs is 1. The summed E-state index contributed by atoms with van der Waals surface area (Å²) in [5.41, 5.74) is 3.36. The number of hydrogen-bond acceptors (Lipinski definition) is 3. The van der Waals surface area contributed by atoms with Crippen molar-refractivity contribution >= 4 is 43.7 Å². The van der Waals surface area contributed by atoms with Crippen molar-refractivity contribution in [3.8, 4) is 16.9 Å². The molecule has 0 fully saturated rings. The molecule has 1 aliphatic rings. The van der Waals surface area contributed by atoms with E-state index in [4.69, 9.17) is 4.74 Å². The van der Waals surface area contributed by atoms with Crippen molar-refractivity contribution in [2.45, 2.75) is 51.4 Å². The fraction of sp³-hybridized carbons (Fsp3) is 0.333. The molecule has 3 aromatic carbocycles. The fourth-order valence-electron chi connectivity index (χ4n) is 4.55. The van der Waals surface area contributed by atoms with Gasteiger partial charge in [0, 0.05) is 15.5 Å². The van der Waals surface area contributed by atoms with Crippen LogP contribution in [0.3, 0.4) is 0 Å². The van der Waals surface area contributed by atoms with Crippen LogP contribution in [0.1, 0.15) is 72.1 Å². The van der Waals surface area contributed by atoms with Gasteiger partial charge in [0.1, 0.15) is 5.75 Å². The molecule has 3 aromatic rings. The van der Waals surface area contributed by atoms with E-state index in [1.165, 1.54) is 24.2 Å². The summed E-state index contributed by atoms with van der Waals surface area (Å²) in [6.07, 6.45) is 8.86. The molecular formula is C30H31Br2NO3. The predicted molar refractivity (Wildman–Crippen MR) is 152 cm³/mol. The molecule has 0 aromatic heterocycles. The Balaban J connectivity index is 1.05. The number of hydrogen-bond donors (Lipinski definition) is 0. The number of benzene rings is 3. The zero-order valence-electron chi connectivity index (χ0n) is 20.3. The first-order valence-corrected chi connectivity index (χ1v) is 14.3. The highest BCUT2D eigenvalue weighted by Crippen LogP contribution is 2.30. The SMILES string of the molecule is O=C1c2ccccc2C(=O)N1CCCCCCCCCCOc1cccc(-c2cc(Br)cc(Br)c2)c1. The summed E-state index contributed by atoms with van der Waals surface area (Å²) in [5.74, 6) is 0.609. The second-order valence-corrected chi connectivity index (χ2v) is 11.0. The summed E-state index contributed by atoms with van der Waals surface area (Å²) in [5, 5.41) is 0. The van der Waals surface area contributed by atoms with Crippen LogP contribution in [0.15, 0.2) is 75.7 Å². The smallest absolute Gasteiger partial charge is 0.261 e. The van der Waals surface area contributed by atoms with Crippen molar-refractivity contribution in [2.24, 2.45) is 0 Å². The maximum absolute atomic E-state index is 12.4. The van der Waals surface area contributed by atoms with Crippen LogP contribution < -0.4 is 4.74 Å². The zero-order chi connectivity index (χ0) is 25.3. The topological polar surface area (TPSA) is 46.6 Å². The Morgan fingerprint density at radius 3 is 1.83 bits per heavy atom. The van der Waals surface area contributed by atoms with Gasteiger partial charge in [0.15, 0.2) is 0 Å². The van der Waals surface area contributed by atoms with Crippen LogP contribution in [0.4, 0.5) is 0 Å². The van der Waals surface area contributed by atoms with Crippen molar-refractivity contribution < 1.29 is 14.3 Å². The molecule has 0 N–H and O–H groups in total. The highest BCUT2D eigenvalue weighted by molar-refractivity contribution is 9.11. The molecule has 4 rings (SSSR count). The monoisotopic (exact) mass is 611 g/mol. The van der Waals surface area contributed by atoms with Gasteiger partial charge in [-0.25, -0.2) is 0 Å². The van der Waals surface area contributed by atoms with E-state index in [9.17, 15) is 9.59 Å². The zero-order valence-corrected chi connectivity index (χ0v) is 23.5. The van der Waals surface area contributed by atoms with Gasteiger partial charge in [0.05, 0.1) is 17.7 Å². The van der Waals surface area contributed by atoms with Gasteiger partial charge in [-0.3, -0.25) is 14.5 Å². The number of carbonyl (C=O) groups excluding carboxylic acids is 2. The maximum Gasteiger partial charge on any atom is 0.261 e. The molecule has 36 heavy (non-hydrogen) atoms. The minimum Gasteiger partial charge on any atom is -0.494 e. The molecule has 2 amide bonds. The van der Waals surface area contributed by atoms with Crippen LogP contribution in [0.2, 0.25) is 0 Å². The first-order chi connectivity index (χ1) is 17.5. The first kappa shape index (κ1) is 26.6. The Hall–Kier alpha value is -2.44. The lowest BCUT2D eigenvalue weighted by molar-refractivity contribution is 0.0651. The van der Waals surface area contributed by atoms with Crippen molar-refractivity contribution in [1.29, 1.82) is 0 Å². The van der Waals surface area contributed by atoms with Gasteiger partial charge in [-0.15, -0.1) is 0 Å². The number of unbranched alkanes of at least 4 members (excludes halogenated alkanes) is 7. The molecule has 1 aliphatic heterocycles. The van der Waals surface area contributed by atoms with Gasteiger partial charge < -0.3 is 4.74 Å². The largest absolute Gasteiger partial charge is 0.494 e. The summed E-state index contributed by atoms with van der Waals surface area (Å²) < 4.78 is 8.08. The number of halogens is 2. The maximum atomic E-state index is 12.4. The summed E-state index contributed by atoms with van der Waals surface area (Å²) >= 11 is 7.11. The van der Waals surface area contributed by atoms with Crippen molar-refractivity contribution in [3.05, 3.63) is 86.8 Å². The number of nitrogens with zero attached hydrogens (tertiary/aromatic N) is 1. The minimum atomic E-state index is -0.147. The van der Waals surface area contributed by atoms with E-state index in [1.807, 2.05) is 30.3 Å². The third-order valence-electron chi connectivity index (χ3n) is 6.45. The van der Waals surface area contributed by atoms with Crippen LogP contribution in [0.5, 0.6) is 5.75 Å². The molecule has 1 heterocycles. The number of imide groups is 1. The Morgan fingerprint density at radius 2 is 1.19 bits per heavy atom. The molecule has 188 valence electrons. The second kappa shape index (κ2) is 13.2. The average molecular weight is 613 g/mol. The highest BCUT2D eigenvalue weighted by atomic mass is 79.9. The predicted octanol–water partition coefficient (Wildman–Crippen LogP) is 8.67. The van der Waals surface area contributed by atoms with Crippen LogP contribution >= 0.6 is 31.9 Å². The quantitative estimate of drug-likeness (QED) is 0.143. The molecule has 0 saturated carbocycles. The number of ether oxygens (including phenoxy) is 1. The molecule has 0 aliphatic carbocycles. The van der Waals surface area contributed by atoms with Gasteiger partial charge >= 0.3 is 0 Å². The molecule has 0 radical (unpaired) electrons. The lowest BCUT2D eigenvalue weighted by Crippen LogP contribution is -2.30. The molecule has 0 unspecified atom stereocenters. The summed E-state index contributed by atoms with van der Waals surface area (Å²) in [4.78, 5) is 26.2. The average Bonchev–Trinajstić information content (AvgIpc) is 3.12. The van der Waals surface area contributed by atoms with Crippen molar-refractivity contribution in [1.82, 2.24) is 4.90 Å². The number of rotatable bonds is 13. The standard InChI is InChI=1S/C30H31Br2NO3/c31-24-18-23(19-25(32)21-24)22-12-11-13-26(20-22)36-17-10-6-4-2-1-3-5-9-16-33-29(34)27-14-7-8-15-28(27)30(33)35/h7-8,11-15,18-21H,1-6,9-10,16-17H2. The highest BCUT2D eigenvalue weighted by Gasteiger charge is 2.34. The van der Waals surface area contributed by atoms with Crippen LogP contribution in [-0.2, 0) is 0 Å². The van der Waals surface area contributed by atoms with E-state index in [0.29, 0.717) is 17.7 Å². The Kier molecular flexibility index (Phi) is 9.76. The third-order valence-corrected chi connectivity index (χ3v) is 7.37. The first-order valence-electron chi connectivity index (χ1n) is 12.7. The van der Waals surface area contributed by atoms with E-state index in [2.05, 4.69) is 56.1 Å². The van der Waals surface area contributed by atoms with Crippen LogP contribution in [-0.4, -0.2) is 29.9 Å². The fourth-order valence-corrected chi connectivity index (χ4v) is 5.84. The number of carbonyl (C=O) groups is 2. The number of amides is 2. The van der Waals surface area contributed by atoms with Gasteiger partial charge in [-0.1, -0.05) is 94.7 Å². The van der Waals surface area contributed by atoms with Gasteiger partial charge in [-0.05, 0) is 66.4 Å². The lowest BCUT2D eigenvalue weighted by Gasteiger charge is -2.13. The van der Waals surface area contributed by atoms with E-state index in [0.717, 1.165) is 64.5 Å². The summed E-state index contributed by atoms with van der Waals surface area (Å²) in [6, 6.07) is 21.6. The Labute approximate surface area is 230 Å². The van der Waals surface area contributed by atoms with Gasteiger partial charge in [0.25, 0.3) is 11.8 Å². The third kappa shape index (κ3) is 7.07. The summed E-state index contributed by atoms with van der Waals surface area (Å²) in [7, 11) is 0. The normalized spacial score (nSPS) is 12.8. The van der Waals surface area contributed by atoms with Crippen LogP contribution in [0, 0.1) is 0 Å². The van der Waals surface area contributed by atoms with Gasteiger partial charge in [0.2, 0.25) is 0 Å². The Morgan fingerprint density at radius 1 is 0.611 bits per heavy atom. The van der Waals surface area contributed by atoms with Crippen LogP contribution in [0.25, 0.3) is 11.1 Å². The molecule has 4 nitrogen and oxygen atoms in total. The van der Waals surface area contributed by atoms with Crippen molar-refractivity contribution in [2.75, 3.05) is 13.2 Å². The Bertz CT molecular complexity index is 1160. The molecule has 0 saturated heterocycles. The van der Waals surface area contributed by atoms with E-state index in [-0.39, 0.29) is 11.8 Å². The molecule has 0 spiro atoms. The second-order valence-electron chi connectivity index (χ2n) is 9.17. The van der Waals surface area contributed by atoms with Crippen molar-refractivity contribution in [3.63, 3.8) is 0 Å². The molecule has 0 atom stereocenters. The van der Waals surface area contributed by atoms with E-state index in [1.54, 1.807) is 12.1 Å².